The van der Waals surface area contributed by atoms with Crippen molar-refractivity contribution in [1.29, 1.82) is 0 Å². The third kappa shape index (κ3) is 4.05. The molecule has 1 aliphatic carbocycles. The van der Waals surface area contributed by atoms with Crippen molar-refractivity contribution in [1.82, 2.24) is 19.7 Å². The van der Waals surface area contributed by atoms with Gasteiger partial charge in [0, 0.05) is 19.1 Å². The van der Waals surface area contributed by atoms with Crippen molar-refractivity contribution in [3.63, 3.8) is 0 Å². The average molecular weight is 388 g/mol. The van der Waals surface area contributed by atoms with Crippen LogP contribution >= 0.6 is 11.8 Å². The zero-order chi connectivity index (χ0) is 18.8. The van der Waals surface area contributed by atoms with Crippen LogP contribution in [0.25, 0.3) is 0 Å². The van der Waals surface area contributed by atoms with Gasteiger partial charge >= 0.3 is 0 Å². The largest absolute Gasteiger partial charge is 0.486 e. The number of nitrogens with zero attached hydrogens (tertiary/aromatic N) is 4. The van der Waals surface area contributed by atoms with Crippen LogP contribution in [-0.4, -0.2) is 51.1 Å². The van der Waals surface area contributed by atoms with E-state index in [9.17, 15) is 4.79 Å². The summed E-state index contributed by atoms with van der Waals surface area (Å²) in [4.78, 5) is 14.6. The van der Waals surface area contributed by atoms with E-state index < -0.39 is 0 Å². The Balaban J connectivity index is 1.38. The van der Waals surface area contributed by atoms with Crippen LogP contribution in [0.4, 0.5) is 0 Å². The Morgan fingerprint density at radius 2 is 2.04 bits per heavy atom. The Hall–Kier alpha value is -2.22. The lowest BCUT2D eigenvalue weighted by atomic mass is 10.2. The molecule has 0 bridgehead atoms. The van der Waals surface area contributed by atoms with Gasteiger partial charge in [0.2, 0.25) is 5.91 Å². The molecule has 0 radical (unpaired) electrons. The fraction of sp³-hybridized carbons (Fsp3) is 0.526. The topological polar surface area (TPSA) is 69.5 Å². The quantitative estimate of drug-likeness (QED) is 0.680. The second kappa shape index (κ2) is 7.80. The number of aromatic nitrogens is 3. The SMILES string of the molecule is CCN(Cc1ccc2c(c1)OCCO2)C(=O)CSc1nnc(C)n1C1CC1. The van der Waals surface area contributed by atoms with Gasteiger partial charge in [0.1, 0.15) is 19.0 Å². The third-order valence-electron chi connectivity index (χ3n) is 4.79. The van der Waals surface area contributed by atoms with Crippen LogP contribution in [0.15, 0.2) is 23.4 Å². The molecule has 1 aliphatic heterocycles. The number of carbonyl (C=O) groups is 1. The van der Waals surface area contributed by atoms with Crippen LogP contribution in [0.1, 0.15) is 37.2 Å². The van der Waals surface area contributed by atoms with Crippen molar-refractivity contribution in [3.05, 3.63) is 29.6 Å². The first-order chi connectivity index (χ1) is 13.2. The predicted octanol–water partition coefficient (Wildman–Crippen LogP) is 2.83. The van der Waals surface area contributed by atoms with E-state index in [0.717, 1.165) is 28.0 Å². The zero-order valence-electron chi connectivity index (χ0n) is 15.7. The number of thioether (sulfide) groups is 1. The predicted molar refractivity (Wildman–Crippen MR) is 102 cm³/mol. The number of benzene rings is 1. The molecule has 1 aromatic heterocycles. The van der Waals surface area contributed by atoms with Crippen molar-refractivity contribution in [3.8, 4) is 11.5 Å². The number of hydrogen-bond donors (Lipinski definition) is 0. The van der Waals surface area contributed by atoms with Gasteiger partial charge in [0.25, 0.3) is 0 Å². The molecule has 144 valence electrons. The number of amides is 1. The molecule has 0 N–H and O–H groups in total. The summed E-state index contributed by atoms with van der Waals surface area (Å²) >= 11 is 1.47. The van der Waals surface area contributed by atoms with Gasteiger partial charge in [-0.25, -0.2) is 0 Å². The number of ether oxygens (including phenoxy) is 2. The summed E-state index contributed by atoms with van der Waals surface area (Å²) < 4.78 is 13.4. The molecule has 0 unspecified atom stereocenters. The second-order valence-electron chi connectivity index (χ2n) is 6.81. The van der Waals surface area contributed by atoms with Gasteiger partial charge in [-0.2, -0.15) is 0 Å². The maximum absolute atomic E-state index is 12.7. The molecular formula is C19H24N4O3S. The van der Waals surface area contributed by atoms with E-state index in [4.69, 9.17) is 9.47 Å². The lowest BCUT2D eigenvalue weighted by Crippen LogP contribution is -2.31. The van der Waals surface area contributed by atoms with E-state index in [1.165, 1.54) is 24.6 Å². The molecule has 2 heterocycles. The monoisotopic (exact) mass is 388 g/mol. The molecule has 1 fully saturated rings. The molecule has 2 aliphatic rings. The van der Waals surface area contributed by atoms with Crippen molar-refractivity contribution in [2.45, 2.75) is 44.4 Å². The maximum atomic E-state index is 12.7. The summed E-state index contributed by atoms with van der Waals surface area (Å²) in [7, 11) is 0. The minimum absolute atomic E-state index is 0.0976. The van der Waals surface area contributed by atoms with Crippen LogP contribution in [0.5, 0.6) is 11.5 Å². The van der Waals surface area contributed by atoms with Gasteiger partial charge < -0.3 is 18.9 Å². The number of fused-ring (bicyclic) bond motifs is 1. The van der Waals surface area contributed by atoms with E-state index in [2.05, 4.69) is 14.8 Å². The molecular weight excluding hydrogens is 364 g/mol. The van der Waals surface area contributed by atoms with Gasteiger partial charge in [-0.3, -0.25) is 4.79 Å². The normalized spacial score (nSPS) is 15.6. The summed E-state index contributed by atoms with van der Waals surface area (Å²) in [6.07, 6.45) is 2.34. The average Bonchev–Trinajstić information content (AvgIpc) is 3.46. The van der Waals surface area contributed by atoms with Gasteiger partial charge in [-0.05, 0) is 44.4 Å². The summed E-state index contributed by atoms with van der Waals surface area (Å²) in [6, 6.07) is 6.38. The van der Waals surface area contributed by atoms with E-state index in [0.29, 0.717) is 38.1 Å². The lowest BCUT2D eigenvalue weighted by molar-refractivity contribution is -0.128. The Labute approximate surface area is 163 Å². The molecule has 1 saturated carbocycles. The van der Waals surface area contributed by atoms with Crippen LogP contribution < -0.4 is 9.47 Å². The minimum atomic E-state index is 0.0976. The molecule has 7 nitrogen and oxygen atoms in total. The highest BCUT2D eigenvalue weighted by Crippen LogP contribution is 2.38. The Morgan fingerprint density at radius 1 is 1.26 bits per heavy atom. The first kappa shape index (κ1) is 18.2. The third-order valence-corrected chi connectivity index (χ3v) is 5.71. The Kier molecular flexibility index (Phi) is 5.24. The number of rotatable bonds is 7. The molecule has 0 saturated heterocycles. The van der Waals surface area contributed by atoms with Crippen LogP contribution in [0.3, 0.4) is 0 Å². The van der Waals surface area contributed by atoms with Crippen LogP contribution in [0.2, 0.25) is 0 Å². The number of hydrogen-bond acceptors (Lipinski definition) is 6. The highest BCUT2D eigenvalue weighted by molar-refractivity contribution is 7.99. The molecule has 1 aromatic carbocycles. The molecule has 0 atom stereocenters. The molecule has 27 heavy (non-hydrogen) atoms. The zero-order valence-corrected chi connectivity index (χ0v) is 16.5. The molecule has 4 rings (SSSR count). The summed E-state index contributed by atoms with van der Waals surface area (Å²) in [5.41, 5.74) is 1.04. The highest BCUT2D eigenvalue weighted by Gasteiger charge is 2.28. The molecule has 0 spiro atoms. The second-order valence-corrected chi connectivity index (χ2v) is 7.75. The van der Waals surface area contributed by atoms with Crippen LogP contribution in [-0.2, 0) is 11.3 Å². The van der Waals surface area contributed by atoms with E-state index in [1.807, 2.05) is 36.9 Å². The Morgan fingerprint density at radius 3 is 2.78 bits per heavy atom. The first-order valence-corrected chi connectivity index (χ1v) is 10.3. The van der Waals surface area contributed by atoms with Gasteiger partial charge in [-0.1, -0.05) is 17.8 Å². The maximum Gasteiger partial charge on any atom is 0.233 e. The van der Waals surface area contributed by atoms with Crippen LogP contribution in [0, 0.1) is 6.92 Å². The van der Waals surface area contributed by atoms with Crippen molar-refractivity contribution in [2.24, 2.45) is 0 Å². The van der Waals surface area contributed by atoms with Gasteiger partial charge in [-0.15, -0.1) is 10.2 Å². The van der Waals surface area contributed by atoms with Crippen molar-refractivity contribution >= 4 is 17.7 Å². The molecule has 2 aromatic rings. The smallest absolute Gasteiger partial charge is 0.233 e. The number of carbonyl (C=O) groups excluding carboxylic acids is 1. The standard InChI is InChI=1S/C19H24N4O3S/c1-3-22(11-14-4-7-16-17(10-14)26-9-8-25-16)18(24)12-27-19-21-20-13(2)23(19)15-5-6-15/h4,7,10,15H,3,5-6,8-9,11-12H2,1-2H3. The fourth-order valence-corrected chi connectivity index (χ4v) is 4.16. The van der Waals surface area contributed by atoms with Gasteiger partial charge in [0.05, 0.1) is 5.75 Å². The lowest BCUT2D eigenvalue weighted by Gasteiger charge is -2.23. The summed E-state index contributed by atoms with van der Waals surface area (Å²) in [5.74, 6) is 2.91. The molecule has 8 heteroatoms. The number of aryl methyl sites for hydroxylation is 1. The summed E-state index contributed by atoms with van der Waals surface area (Å²) in [6.45, 7) is 6.32. The van der Waals surface area contributed by atoms with E-state index >= 15 is 0 Å². The van der Waals surface area contributed by atoms with Crippen molar-refractivity contribution in [2.75, 3.05) is 25.5 Å². The molecule has 1 amide bonds. The minimum Gasteiger partial charge on any atom is -0.486 e. The van der Waals surface area contributed by atoms with E-state index in [1.54, 1.807) is 0 Å². The first-order valence-electron chi connectivity index (χ1n) is 9.36. The van der Waals surface area contributed by atoms with Gasteiger partial charge in [0.15, 0.2) is 16.7 Å². The fourth-order valence-electron chi connectivity index (χ4n) is 3.20. The Bertz CT molecular complexity index is 834. The highest BCUT2D eigenvalue weighted by atomic mass is 32.2. The van der Waals surface area contributed by atoms with E-state index in [-0.39, 0.29) is 5.91 Å². The van der Waals surface area contributed by atoms with Crippen molar-refractivity contribution < 1.29 is 14.3 Å². The summed E-state index contributed by atoms with van der Waals surface area (Å²) in [5, 5.41) is 9.26.